The number of carbonyl (C=O) groups is 1. The second kappa shape index (κ2) is 7.62. The summed E-state index contributed by atoms with van der Waals surface area (Å²) >= 11 is 5.99. The summed E-state index contributed by atoms with van der Waals surface area (Å²) in [5.74, 6) is -0.498. The quantitative estimate of drug-likeness (QED) is 0.525. The summed E-state index contributed by atoms with van der Waals surface area (Å²) in [6.45, 7) is -0.409. The SMILES string of the molecule is O=C(COc1ccccc1[N+](=O)[O-])Nc1cc(Cl)ccc1-n1cncn1. The molecule has 0 unspecified atom stereocenters. The lowest BCUT2D eigenvalue weighted by atomic mass is 10.2. The van der Waals surface area contributed by atoms with Crippen molar-refractivity contribution in [3.05, 3.63) is 70.3 Å². The summed E-state index contributed by atoms with van der Waals surface area (Å²) in [7, 11) is 0. The molecule has 0 atom stereocenters. The summed E-state index contributed by atoms with van der Waals surface area (Å²) in [5, 5.41) is 18.1. The van der Waals surface area contributed by atoms with Crippen molar-refractivity contribution in [2.75, 3.05) is 11.9 Å². The highest BCUT2D eigenvalue weighted by Crippen LogP contribution is 2.26. The molecule has 9 nitrogen and oxygen atoms in total. The number of nitrogens with zero attached hydrogens (tertiary/aromatic N) is 4. The molecule has 0 aliphatic carbocycles. The summed E-state index contributed by atoms with van der Waals surface area (Å²) in [5.41, 5.74) is 0.747. The van der Waals surface area contributed by atoms with E-state index in [0.29, 0.717) is 16.4 Å². The molecule has 0 aliphatic rings. The van der Waals surface area contributed by atoms with Crippen LogP contribution >= 0.6 is 11.6 Å². The molecule has 1 aromatic heterocycles. The van der Waals surface area contributed by atoms with Crippen LogP contribution in [0.1, 0.15) is 0 Å². The number of amides is 1. The number of rotatable bonds is 6. The lowest BCUT2D eigenvalue weighted by Crippen LogP contribution is -2.21. The molecule has 0 radical (unpaired) electrons. The Balaban J connectivity index is 1.73. The van der Waals surface area contributed by atoms with E-state index in [2.05, 4.69) is 15.4 Å². The highest BCUT2D eigenvalue weighted by Gasteiger charge is 2.16. The average molecular weight is 374 g/mol. The fourth-order valence-corrected chi connectivity index (χ4v) is 2.37. The van der Waals surface area contributed by atoms with Gasteiger partial charge in [0.25, 0.3) is 5.91 Å². The van der Waals surface area contributed by atoms with Gasteiger partial charge in [-0.3, -0.25) is 14.9 Å². The molecule has 0 saturated carbocycles. The lowest BCUT2D eigenvalue weighted by molar-refractivity contribution is -0.385. The summed E-state index contributed by atoms with van der Waals surface area (Å²) < 4.78 is 6.74. The van der Waals surface area contributed by atoms with Crippen LogP contribution in [0.4, 0.5) is 11.4 Å². The van der Waals surface area contributed by atoms with Crippen molar-refractivity contribution in [3.63, 3.8) is 0 Å². The molecule has 1 N–H and O–H groups in total. The molecule has 0 bridgehead atoms. The average Bonchev–Trinajstić information content (AvgIpc) is 3.14. The number of nitro groups is 1. The molecule has 0 aliphatic heterocycles. The van der Waals surface area contributed by atoms with Gasteiger partial charge in [0.2, 0.25) is 0 Å². The van der Waals surface area contributed by atoms with Crippen LogP contribution in [0.2, 0.25) is 5.02 Å². The first-order valence-electron chi connectivity index (χ1n) is 7.35. The second-order valence-corrected chi connectivity index (χ2v) is 5.50. The Morgan fingerprint density at radius 3 is 2.85 bits per heavy atom. The molecule has 132 valence electrons. The molecule has 1 heterocycles. The van der Waals surface area contributed by atoms with Crippen LogP contribution in [-0.4, -0.2) is 32.2 Å². The predicted molar refractivity (Wildman–Crippen MR) is 93.6 cm³/mol. The Hall–Kier alpha value is -3.46. The number of halogens is 1. The number of anilines is 1. The Morgan fingerprint density at radius 1 is 1.31 bits per heavy atom. The topological polar surface area (TPSA) is 112 Å². The van der Waals surface area contributed by atoms with Gasteiger partial charge in [-0.05, 0) is 24.3 Å². The maximum Gasteiger partial charge on any atom is 0.310 e. The Labute approximate surface area is 152 Å². The van der Waals surface area contributed by atoms with E-state index < -0.39 is 17.4 Å². The number of aromatic nitrogens is 3. The molecule has 1 amide bonds. The zero-order valence-electron chi connectivity index (χ0n) is 13.2. The highest BCUT2D eigenvalue weighted by atomic mass is 35.5. The first-order valence-corrected chi connectivity index (χ1v) is 7.73. The van der Waals surface area contributed by atoms with E-state index in [0.717, 1.165) is 0 Å². The van der Waals surface area contributed by atoms with E-state index in [1.807, 2.05) is 0 Å². The smallest absolute Gasteiger partial charge is 0.310 e. The maximum atomic E-state index is 12.2. The number of nitro benzene ring substituents is 1. The number of para-hydroxylation sites is 2. The minimum atomic E-state index is -0.576. The highest BCUT2D eigenvalue weighted by molar-refractivity contribution is 6.31. The number of benzene rings is 2. The van der Waals surface area contributed by atoms with E-state index >= 15 is 0 Å². The minimum Gasteiger partial charge on any atom is -0.477 e. The summed E-state index contributed by atoms with van der Waals surface area (Å²) in [6, 6.07) is 10.7. The van der Waals surface area contributed by atoms with Gasteiger partial charge in [-0.25, -0.2) is 9.67 Å². The molecule has 3 rings (SSSR count). The van der Waals surface area contributed by atoms with Gasteiger partial charge in [-0.1, -0.05) is 23.7 Å². The molecule has 0 fully saturated rings. The minimum absolute atomic E-state index is 0.00949. The predicted octanol–water partition coefficient (Wildman–Crippen LogP) is 2.85. The Bertz CT molecular complexity index is 946. The van der Waals surface area contributed by atoms with E-state index in [1.54, 1.807) is 24.3 Å². The molecule has 26 heavy (non-hydrogen) atoms. The third kappa shape index (κ3) is 3.95. The third-order valence-corrected chi connectivity index (χ3v) is 3.55. The molecule has 0 saturated heterocycles. The number of hydrogen-bond donors (Lipinski definition) is 1. The van der Waals surface area contributed by atoms with Gasteiger partial charge in [0.05, 0.1) is 16.3 Å². The molecule has 10 heteroatoms. The fraction of sp³-hybridized carbons (Fsp3) is 0.0625. The summed E-state index contributed by atoms with van der Waals surface area (Å²) in [4.78, 5) is 26.5. The largest absolute Gasteiger partial charge is 0.477 e. The first-order chi connectivity index (χ1) is 12.5. The van der Waals surface area contributed by atoms with E-state index in [4.69, 9.17) is 16.3 Å². The van der Waals surface area contributed by atoms with Crippen LogP contribution in [0.5, 0.6) is 5.75 Å². The van der Waals surface area contributed by atoms with Crippen LogP contribution in [0.25, 0.3) is 5.69 Å². The third-order valence-electron chi connectivity index (χ3n) is 3.32. The number of hydrogen-bond acceptors (Lipinski definition) is 6. The van der Waals surface area contributed by atoms with Gasteiger partial charge in [-0.15, -0.1) is 0 Å². The van der Waals surface area contributed by atoms with Gasteiger partial charge in [0, 0.05) is 11.1 Å². The van der Waals surface area contributed by atoms with Crippen LogP contribution in [0, 0.1) is 10.1 Å². The molecule has 0 spiro atoms. The van der Waals surface area contributed by atoms with E-state index in [1.165, 1.54) is 35.5 Å². The molecular formula is C16H12ClN5O4. The van der Waals surface area contributed by atoms with Gasteiger partial charge in [0.15, 0.2) is 12.4 Å². The van der Waals surface area contributed by atoms with Gasteiger partial charge < -0.3 is 10.1 Å². The Kier molecular flexibility index (Phi) is 5.09. The van der Waals surface area contributed by atoms with Gasteiger partial charge in [0.1, 0.15) is 12.7 Å². The summed E-state index contributed by atoms with van der Waals surface area (Å²) in [6.07, 6.45) is 2.83. The number of nitrogens with one attached hydrogen (secondary N) is 1. The maximum absolute atomic E-state index is 12.2. The van der Waals surface area contributed by atoms with Crippen molar-refractivity contribution >= 4 is 28.9 Å². The van der Waals surface area contributed by atoms with Crippen molar-refractivity contribution in [1.29, 1.82) is 0 Å². The zero-order valence-corrected chi connectivity index (χ0v) is 14.0. The van der Waals surface area contributed by atoms with Crippen LogP contribution in [-0.2, 0) is 4.79 Å². The second-order valence-electron chi connectivity index (χ2n) is 5.06. The van der Waals surface area contributed by atoms with Gasteiger partial charge >= 0.3 is 5.69 Å². The van der Waals surface area contributed by atoms with Crippen LogP contribution in [0.15, 0.2) is 55.1 Å². The normalized spacial score (nSPS) is 10.3. The Morgan fingerprint density at radius 2 is 2.12 bits per heavy atom. The fourth-order valence-electron chi connectivity index (χ4n) is 2.20. The monoisotopic (exact) mass is 373 g/mol. The van der Waals surface area contributed by atoms with Crippen molar-refractivity contribution < 1.29 is 14.5 Å². The molecule has 3 aromatic rings. The van der Waals surface area contributed by atoms with E-state index in [9.17, 15) is 14.9 Å². The van der Waals surface area contributed by atoms with Crippen molar-refractivity contribution in [2.24, 2.45) is 0 Å². The molecular weight excluding hydrogens is 362 g/mol. The van der Waals surface area contributed by atoms with Gasteiger partial charge in [-0.2, -0.15) is 5.10 Å². The number of carbonyl (C=O) groups excluding carboxylic acids is 1. The lowest BCUT2D eigenvalue weighted by Gasteiger charge is -2.12. The van der Waals surface area contributed by atoms with E-state index in [-0.39, 0.29) is 11.4 Å². The van der Waals surface area contributed by atoms with Crippen LogP contribution < -0.4 is 10.1 Å². The molecule has 2 aromatic carbocycles. The van der Waals surface area contributed by atoms with Crippen molar-refractivity contribution in [2.45, 2.75) is 0 Å². The van der Waals surface area contributed by atoms with Crippen molar-refractivity contribution in [1.82, 2.24) is 14.8 Å². The van der Waals surface area contributed by atoms with Crippen molar-refractivity contribution in [3.8, 4) is 11.4 Å². The van der Waals surface area contributed by atoms with Crippen LogP contribution in [0.3, 0.4) is 0 Å². The zero-order chi connectivity index (χ0) is 18.5. The standard InChI is InChI=1S/C16H12ClN5O4/c17-11-5-6-13(21-10-18-9-19-21)12(7-11)20-16(23)8-26-15-4-2-1-3-14(15)22(24)25/h1-7,9-10H,8H2,(H,20,23). The number of ether oxygens (including phenoxy) is 1. The first kappa shape index (κ1) is 17.4.